The quantitative estimate of drug-likeness (QED) is 0.0810. The number of pyridine rings is 2. The number of benzene rings is 2. The van der Waals surface area contributed by atoms with Gasteiger partial charge in [0.15, 0.2) is 8.32 Å². The lowest BCUT2D eigenvalue weighted by Crippen LogP contribution is -2.41. The third-order valence-electron chi connectivity index (χ3n) is 17.4. The number of likely N-dealkylation sites (tertiary alicyclic amines) is 2. The maximum atomic E-state index is 12.8. The van der Waals surface area contributed by atoms with E-state index >= 15 is 0 Å². The fourth-order valence-electron chi connectivity index (χ4n) is 10.5. The van der Waals surface area contributed by atoms with Crippen molar-refractivity contribution < 1.29 is 64.2 Å². The molecule has 0 unspecified atom stereocenters. The Kier molecular flexibility index (Phi) is 24.0. The van der Waals surface area contributed by atoms with Crippen LogP contribution in [0.4, 0.5) is 58.9 Å². The monoisotopic (exact) mass is 1280 g/mol. The number of aliphatic hydroxyl groups excluding tert-OH is 1. The van der Waals surface area contributed by atoms with Crippen LogP contribution in [-0.4, -0.2) is 168 Å². The molecule has 0 saturated carbocycles. The topological polar surface area (TPSA) is 163 Å². The zero-order valence-electron chi connectivity index (χ0n) is 53.2. The van der Waals surface area contributed by atoms with Crippen molar-refractivity contribution in [1.82, 2.24) is 19.8 Å². The standard InChI is InChI=1S/C26H31F3N4O3.C20H28BF3N2O3.C18H29ClN2O2Si/c1-18-4-5-22(31-25(35)33-7-6-19(17-33)16-26(27,28)29)15-23(18)20-13-21(3-2-10-34)30-24(14-20)32-8-11-36-12-9-32;1-13-6-7-15(10-16(13)21-28-18(2,3)19(4,5)29-21)25-17(27)26-9-8-14(12-26)11-20(22,23)24;1-18(2,3)24(4,5)23-10-6-7-16-13-15(19)14-17(20-16)21-8-11-22-12-9-21/h2-5,13-15,19,34H,6-12,16-17H2,1H3,(H,31,35);6-7,10,14H,8-9,11-12H2,1-5H3,(H,25,27);6-7,13-14H,8-12H2,1-5H3/b3-2+;;7-6+/t19-;14-;/m00./s1. The van der Waals surface area contributed by atoms with Crippen molar-refractivity contribution in [2.45, 2.75) is 130 Å². The summed E-state index contributed by atoms with van der Waals surface area (Å²) in [6.07, 6.45) is -2.03. The molecule has 7 heterocycles. The third kappa shape index (κ3) is 20.6. The minimum Gasteiger partial charge on any atom is -0.413 e. The van der Waals surface area contributed by atoms with Gasteiger partial charge in [0.25, 0.3) is 0 Å². The summed E-state index contributed by atoms with van der Waals surface area (Å²) in [6, 6.07) is 17.9. The van der Waals surface area contributed by atoms with Crippen LogP contribution in [0.2, 0.25) is 23.2 Å². The van der Waals surface area contributed by atoms with Gasteiger partial charge in [-0.05, 0) is 167 Å². The lowest BCUT2D eigenvalue weighted by Gasteiger charge is -2.35. The number of carbonyl (C=O) groups excluding carboxylic acids is 2. The summed E-state index contributed by atoms with van der Waals surface area (Å²) < 4.78 is 105. The molecule has 2 atom stereocenters. The van der Waals surface area contributed by atoms with Crippen LogP contribution in [0.15, 0.2) is 72.8 Å². The van der Waals surface area contributed by atoms with Crippen LogP contribution in [0.1, 0.15) is 96.7 Å². The van der Waals surface area contributed by atoms with Crippen LogP contribution in [0, 0.1) is 25.7 Å². The predicted octanol–water partition coefficient (Wildman–Crippen LogP) is 13.4. The number of aromatic nitrogens is 2. The van der Waals surface area contributed by atoms with E-state index in [1.807, 2.05) is 96.2 Å². The van der Waals surface area contributed by atoms with Crippen molar-refractivity contribution >= 4 is 79.7 Å². The van der Waals surface area contributed by atoms with E-state index in [0.717, 1.165) is 84.4 Å². The van der Waals surface area contributed by atoms with Crippen molar-refractivity contribution in [3.8, 4) is 11.1 Å². The Bertz CT molecular complexity index is 3080. The molecule has 488 valence electrons. The van der Waals surface area contributed by atoms with Crippen molar-refractivity contribution in [3.05, 3.63) is 100 Å². The number of nitrogens with zero attached hydrogens (tertiary/aromatic N) is 6. The van der Waals surface area contributed by atoms with Crippen molar-refractivity contribution in [2.75, 3.05) is 112 Å². The Labute approximate surface area is 526 Å². The van der Waals surface area contributed by atoms with Gasteiger partial charge in [-0.3, -0.25) is 0 Å². The Morgan fingerprint density at radius 3 is 1.66 bits per heavy atom. The molecule has 89 heavy (non-hydrogen) atoms. The molecule has 5 saturated heterocycles. The van der Waals surface area contributed by atoms with E-state index in [0.29, 0.717) is 67.8 Å². The number of rotatable bonds is 14. The highest BCUT2D eigenvalue weighted by Crippen LogP contribution is 2.39. The normalized spacial score (nSPS) is 19.8. The maximum absolute atomic E-state index is 12.8. The zero-order chi connectivity index (χ0) is 65.1. The number of anilines is 4. The van der Waals surface area contributed by atoms with Gasteiger partial charge < -0.3 is 58.5 Å². The Hall–Kier alpha value is -5.73. The number of ether oxygens (including phenoxy) is 2. The maximum Gasteiger partial charge on any atom is 0.495 e. The van der Waals surface area contributed by atoms with Crippen molar-refractivity contribution in [2.24, 2.45) is 11.8 Å². The minimum absolute atomic E-state index is 0.0951. The smallest absolute Gasteiger partial charge is 0.413 e. The van der Waals surface area contributed by atoms with Crippen LogP contribution in [0.3, 0.4) is 0 Å². The number of carbonyl (C=O) groups is 2. The Morgan fingerprint density at radius 2 is 1.17 bits per heavy atom. The molecule has 16 nitrogen and oxygen atoms in total. The molecule has 0 aliphatic carbocycles. The van der Waals surface area contributed by atoms with Crippen molar-refractivity contribution in [3.63, 3.8) is 0 Å². The Morgan fingerprint density at radius 1 is 0.697 bits per heavy atom. The molecular formula is C64H88BClF6N8O8Si. The number of morpholine rings is 2. The number of aryl methyl sites for hydroxylation is 2. The van der Waals surface area contributed by atoms with Crippen molar-refractivity contribution in [1.29, 1.82) is 0 Å². The van der Waals surface area contributed by atoms with E-state index in [9.17, 15) is 41.0 Å². The minimum atomic E-state index is -4.22. The molecule has 4 aromatic rings. The molecule has 4 amide bonds. The van der Waals surface area contributed by atoms with Crippen LogP contribution >= 0.6 is 11.6 Å². The van der Waals surface area contributed by atoms with Gasteiger partial charge in [-0.15, -0.1) is 0 Å². The van der Waals surface area contributed by atoms with Crippen LogP contribution in [-0.2, 0) is 23.2 Å². The molecule has 5 fully saturated rings. The van der Waals surface area contributed by atoms with Gasteiger partial charge in [-0.2, -0.15) is 26.3 Å². The molecule has 9 rings (SSSR count). The first-order valence-electron chi connectivity index (χ1n) is 30.4. The highest BCUT2D eigenvalue weighted by atomic mass is 35.5. The summed E-state index contributed by atoms with van der Waals surface area (Å²) in [7, 11) is -2.27. The number of aliphatic hydroxyl groups is 1. The number of amides is 4. The average molecular weight is 1290 g/mol. The van der Waals surface area contributed by atoms with Gasteiger partial charge in [-0.25, -0.2) is 19.6 Å². The number of hydrogen-bond acceptors (Lipinski definition) is 12. The van der Waals surface area contributed by atoms with E-state index in [1.54, 1.807) is 30.4 Å². The molecular weight excluding hydrogens is 1200 g/mol. The van der Waals surface area contributed by atoms with E-state index in [1.165, 1.54) is 9.80 Å². The molecule has 2 aromatic carbocycles. The SMILES string of the molecule is CC(C)(C)[Si](C)(C)OC/C=C/c1cc(Cl)cc(N2CCOCC2)n1.Cc1ccc(NC(=O)N2CC[C@@H](CC(F)(F)F)C2)cc1-c1cc(/C=C/CO)nc(N2CCOCC2)c1.Cc1ccc(NC(=O)N2CC[C@@H](CC(F)(F)F)C2)cc1B1OC(C)(C)C(C)(C)O1. The van der Waals surface area contributed by atoms with E-state index in [2.05, 4.69) is 54.3 Å². The summed E-state index contributed by atoms with van der Waals surface area (Å²) in [5.41, 5.74) is 6.32. The van der Waals surface area contributed by atoms with E-state index < -0.39 is 75.7 Å². The van der Waals surface area contributed by atoms with Gasteiger partial charge in [0.05, 0.1) is 62.2 Å². The molecule has 3 N–H and O–H groups in total. The van der Waals surface area contributed by atoms with Gasteiger partial charge in [0, 0.05) is 81.6 Å². The summed E-state index contributed by atoms with van der Waals surface area (Å²) in [5, 5.41) is 15.8. The fourth-order valence-corrected chi connectivity index (χ4v) is 11.6. The van der Waals surface area contributed by atoms with Crippen LogP contribution in [0.5, 0.6) is 0 Å². The first-order chi connectivity index (χ1) is 41.7. The fraction of sp³-hybridized carbons (Fsp3) is 0.562. The average Bonchev–Trinajstić information content (AvgIpc) is 1.68. The number of hydrogen-bond donors (Lipinski definition) is 3. The van der Waals surface area contributed by atoms with E-state index in [-0.39, 0.29) is 24.7 Å². The summed E-state index contributed by atoms with van der Waals surface area (Å²) in [4.78, 5) is 41.9. The van der Waals surface area contributed by atoms with Crippen LogP contribution in [0.25, 0.3) is 23.3 Å². The number of halogens is 7. The molecule has 25 heteroatoms. The number of nitrogens with one attached hydrogen (secondary N) is 2. The second kappa shape index (κ2) is 30.1. The lowest BCUT2D eigenvalue weighted by molar-refractivity contribution is -0.144. The van der Waals surface area contributed by atoms with Crippen LogP contribution < -0.4 is 25.9 Å². The van der Waals surface area contributed by atoms with Gasteiger partial charge in [0.1, 0.15) is 11.6 Å². The molecule has 5 aliphatic rings. The lowest BCUT2D eigenvalue weighted by atomic mass is 9.76. The molecule has 0 spiro atoms. The second-order valence-electron chi connectivity index (χ2n) is 25.9. The summed E-state index contributed by atoms with van der Waals surface area (Å²) in [6.45, 7) is 30.3. The first-order valence-corrected chi connectivity index (χ1v) is 33.7. The summed E-state index contributed by atoms with van der Waals surface area (Å²) >= 11 is 6.26. The van der Waals surface area contributed by atoms with Gasteiger partial charge in [-0.1, -0.05) is 62.2 Å². The van der Waals surface area contributed by atoms with Gasteiger partial charge in [0.2, 0.25) is 0 Å². The number of urea groups is 2. The molecule has 0 bridgehead atoms. The number of alkyl halides is 6. The Balaban J connectivity index is 0.000000194. The molecule has 0 radical (unpaired) electrons. The molecule has 2 aromatic heterocycles. The van der Waals surface area contributed by atoms with E-state index in [4.69, 9.17) is 44.8 Å². The highest BCUT2D eigenvalue weighted by molar-refractivity contribution is 6.74. The zero-order valence-corrected chi connectivity index (χ0v) is 54.9. The second-order valence-corrected chi connectivity index (χ2v) is 31.1. The predicted molar refractivity (Wildman–Crippen MR) is 344 cm³/mol. The largest absolute Gasteiger partial charge is 0.495 e. The molecule has 5 aliphatic heterocycles. The highest BCUT2D eigenvalue weighted by Gasteiger charge is 2.52. The first kappa shape index (κ1) is 70.7. The van der Waals surface area contributed by atoms with Gasteiger partial charge >= 0.3 is 31.5 Å². The third-order valence-corrected chi connectivity index (χ3v) is 22.1. The summed E-state index contributed by atoms with van der Waals surface area (Å²) in [5.74, 6) is 0.606.